The van der Waals surface area contributed by atoms with E-state index in [0.29, 0.717) is 18.2 Å². The molecular formula is C16H27N3O. The van der Waals surface area contributed by atoms with Gasteiger partial charge in [-0.15, -0.1) is 0 Å². The molecule has 2 heterocycles. The molecule has 0 amide bonds. The molecule has 0 aromatic heterocycles. The van der Waals surface area contributed by atoms with Gasteiger partial charge in [0, 0.05) is 19.1 Å². The Labute approximate surface area is 122 Å². The number of unbranched alkanes of at least 4 members (excludes halogenated alkanes) is 1. The maximum Gasteiger partial charge on any atom is 0.104 e. The summed E-state index contributed by atoms with van der Waals surface area (Å²) in [5.41, 5.74) is -0.314. The summed E-state index contributed by atoms with van der Waals surface area (Å²) in [4.78, 5) is 2.56. The van der Waals surface area contributed by atoms with Crippen molar-refractivity contribution in [3.8, 4) is 6.07 Å². The van der Waals surface area contributed by atoms with Crippen LogP contribution >= 0.6 is 0 Å². The van der Waals surface area contributed by atoms with Gasteiger partial charge < -0.3 is 4.74 Å². The first kappa shape index (κ1) is 14.3. The number of hydrogen-bond donors (Lipinski definition) is 1. The van der Waals surface area contributed by atoms with Gasteiger partial charge in [0.25, 0.3) is 0 Å². The summed E-state index contributed by atoms with van der Waals surface area (Å²) >= 11 is 0. The van der Waals surface area contributed by atoms with Crippen LogP contribution in [-0.4, -0.2) is 48.3 Å². The lowest BCUT2D eigenvalue weighted by Crippen LogP contribution is -2.44. The highest BCUT2D eigenvalue weighted by Crippen LogP contribution is 2.27. The van der Waals surface area contributed by atoms with Crippen molar-refractivity contribution in [1.29, 1.82) is 5.26 Å². The lowest BCUT2D eigenvalue weighted by Gasteiger charge is -2.32. The molecule has 0 aromatic carbocycles. The van der Waals surface area contributed by atoms with Crippen LogP contribution in [0.1, 0.15) is 51.9 Å². The Kier molecular flexibility index (Phi) is 4.30. The maximum atomic E-state index is 9.35. The van der Waals surface area contributed by atoms with E-state index in [4.69, 9.17) is 4.74 Å². The summed E-state index contributed by atoms with van der Waals surface area (Å²) in [6, 6.07) is 3.07. The zero-order valence-electron chi connectivity index (χ0n) is 12.6. The second-order valence-corrected chi connectivity index (χ2v) is 7.04. The lowest BCUT2D eigenvalue weighted by atomic mass is 9.96. The summed E-state index contributed by atoms with van der Waals surface area (Å²) < 4.78 is 5.86. The smallest absolute Gasteiger partial charge is 0.104 e. The first-order valence-electron chi connectivity index (χ1n) is 8.24. The molecule has 4 nitrogen and oxygen atoms in total. The van der Waals surface area contributed by atoms with Crippen LogP contribution in [0.3, 0.4) is 0 Å². The molecule has 1 saturated carbocycles. The Bertz CT molecular complexity index is 364. The summed E-state index contributed by atoms with van der Waals surface area (Å²) in [7, 11) is 0. The van der Waals surface area contributed by atoms with E-state index in [0.717, 1.165) is 25.9 Å². The van der Waals surface area contributed by atoms with Crippen LogP contribution in [0.2, 0.25) is 0 Å². The van der Waals surface area contributed by atoms with E-state index in [9.17, 15) is 5.26 Å². The number of fused-ring (bicyclic) bond motifs is 2. The third-order valence-corrected chi connectivity index (χ3v) is 4.87. The van der Waals surface area contributed by atoms with Crippen molar-refractivity contribution >= 4 is 0 Å². The van der Waals surface area contributed by atoms with Crippen LogP contribution in [0, 0.1) is 11.3 Å². The molecule has 3 unspecified atom stereocenters. The number of ether oxygens (including phenoxy) is 1. The topological polar surface area (TPSA) is 48.3 Å². The Hall–Kier alpha value is -0.630. The third-order valence-electron chi connectivity index (χ3n) is 4.87. The van der Waals surface area contributed by atoms with Crippen LogP contribution in [0.25, 0.3) is 0 Å². The van der Waals surface area contributed by atoms with Crippen molar-refractivity contribution in [3.05, 3.63) is 0 Å². The van der Waals surface area contributed by atoms with Gasteiger partial charge in [0.1, 0.15) is 5.54 Å². The molecule has 3 rings (SSSR count). The molecule has 20 heavy (non-hydrogen) atoms. The second kappa shape index (κ2) is 6.01. The monoisotopic (exact) mass is 277 g/mol. The summed E-state index contributed by atoms with van der Waals surface area (Å²) in [6.07, 6.45) is 9.28. The molecule has 3 fully saturated rings. The number of nitrogens with zero attached hydrogens (tertiary/aromatic N) is 2. The minimum atomic E-state index is -0.314. The fourth-order valence-corrected chi connectivity index (χ4v) is 3.53. The van der Waals surface area contributed by atoms with Crippen LogP contribution in [-0.2, 0) is 4.74 Å². The van der Waals surface area contributed by atoms with E-state index in [1.165, 1.54) is 38.6 Å². The Morgan fingerprint density at radius 2 is 1.90 bits per heavy atom. The Morgan fingerprint density at radius 1 is 1.20 bits per heavy atom. The number of nitriles is 1. The lowest BCUT2D eigenvalue weighted by molar-refractivity contribution is -0.0386. The molecule has 3 aliphatic rings. The summed E-state index contributed by atoms with van der Waals surface area (Å²) in [5.74, 6) is 0. The van der Waals surface area contributed by atoms with Gasteiger partial charge in [-0.3, -0.25) is 10.2 Å². The van der Waals surface area contributed by atoms with E-state index in [-0.39, 0.29) is 5.54 Å². The van der Waals surface area contributed by atoms with E-state index in [1.54, 1.807) is 0 Å². The van der Waals surface area contributed by atoms with E-state index >= 15 is 0 Å². The highest BCUT2D eigenvalue weighted by molar-refractivity contribution is 5.06. The predicted molar refractivity (Wildman–Crippen MR) is 78.4 cm³/mol. The zero-order valence-corrected chi connectivity index (χ0v) is 12.6. The molecule has 0 aromatic rings. The van der Waals surface area contributed by atoms with Crippen LogP contribution in [0.4, 0.5) is 0 Å². The largest absolute Gasteiger partial charge is 0.372 e. The number of nitrogens with one attached hydrogen (secondary N) is 1. The number of rotatable bonds is 7. The van der Waals surface area contributed by atoms with Gasteiger partial charge in [0.05, 0.1) is 18.3 Å². The van der Waals surface area contributed by atoms with E-state index in [1.807, 2.05) is 0 Å². The summed E-state index contributed by atoms with van der Waals surface area (Å²) in [6.45, 7) is 5.46. The average Bonchev–Trinajstić information content (AvgIpc) is 3.19. The molecule has 0 radical (unpaired) electrons. The standard InChI is InChI=1S/C16H27N3O/c1-16(12-17,18-13-4-5-13)8-2-3-9-19-10-14-6-7-15(11-19)20-14/h13-15,18H,2-11H2,1H3. The zero-order chi connectivity index (χ0) is 14.0. The first-order valence-corrected chi connectivity index (χ1v) is 8.24. The number of likely N-dealkylation sites (tertiary alicyclic amines) is 1. The Balaban J connectivity index is 1.34. The van der Waals surface area contributed by atoms with Gasteiger partial charge in [0.15, 0.2) is 0 Å². The molecule has 1 N–H and O–H groups in total. The maximum absolute atomic E-state index is 9.35. The quantitative estimate of drug-likeness (QED) is 0.724. The van der Waals surface area contributed by atoms with Crippen molar-refractivity contribution in [2.75, 3.05) is 19.6 Å². The van der Waals surface area contributed by atoms with Gasteiger partial charge in [-0.2, -0.15) is 5.26 Å². The SMILES string of the molecule is CC(C#N)(CCCCN1CC2CCC(C1)O2)NC1CC1. The normalized spacial score (nSPS) is 32.8. The molecule has 112 valence electrons. The fourth-order valence-electron chi connectivity index (χ4n) is 3.53. The highest BCUT2D eigenvalue weighted by Gasteiger charge is 2.34. The van der Waals surface area contributed by atoms with Gasteiger partial charge in [-0.1, -0.05) is 0 Å². The van der Waals surface area contributed by atoms with Crippen LogP contribution < -0.4 is 5.32 Å². The first-order chi connectivity index (χ1) is 9.67. The number of morpholine rings is 1. The average molecular weight is 277 g/mol. The van der Waals surface area contributed by atoms with Crippen molar-refractivity contribution < 1.29 is 4.74 Å². The van der Waals surface area contributed by atoms with Gasteiger partial charge in [-0.25, -0.2) is 0 Å². The molecule has 2 aliphatic heterocycles. The van der Waals surface area contributed by atoms with Gasteiger partial charge >= 0.3 is 0 Å². The molecule has 2 bridgehead atoms. The predicted octanol–water partition coefficient (Wildman–Crippen LogP) is 2.05. The molecule has 4 heteroatoms. The fraction of sp³-hybridized carbons (Fsp3) is 0.938. The Morgan fingerprint density at radius 3 is 2.50 bits per heavy atom. The van der Waals surface area contributed by atoms with Crippen molar-refractivity contribution in [2.24, 2.45) is 0 Å². The van der Waals surface area contributed by atoms with Crippen molar-refractivity contribution in [1.82, 2.24) is 10.2 Å². The van der Waals surface area contributed by atoms with Crippen LogP contribution in [0.15, 0.2) is 0 Å². The van der Waals surface area contributed by atoms with Crippen molar-refractivity contribution in [2.45, 2.75) is 75.7 Å². The minimum absolute atomic E-state index is 0.314. The number of hydrogen-bond acceptors (Lipinski definition) is 4. The van der Waals surface area contributed by atoms with E-state index in [2.05, 4.69) is 23.2 Å². The van der Waals surface area contributed by atoms with Crippen molar-refractivity contribution in [3.63, 3.8) is 0 Å². The summed E-state index contributed by atoms with van der Waals surface area (Å²) in [5, 5.41) is 12.8. The molecular weight excluding hydrogens is 250 g/mol. The van der Waals surface area contributed by atoms with Crippen LogP contribution in [0.5, 0.6) is 0 Å². The molecule has 3 atom stereocenters. The van der Waals surface area contributed by atoms with E-state index < -0.39 is 0 Å². The molecule has 1 aliphatic carbocycles. The molecule has 2 saturated heterocycles. The van der Waals surface area contributed by atoms with Gasteiger partial charge in [0.2, 0.25) is 0 Å². The molecule has 0 spiro atoms. The van der Waals surface area contributed by atoms with Gasteiger partial charge in [-0.05, 0) is 58.4 Å². The minimum Gasteiger partial charge on any atom is -0.372 e. The second-order valence-electron chi connectivity index (χ2n) is 7.04. The third kappa shape index (κ3) is 3.72. The highest BCUT2D eigenvalue weighted by atomic mass is 16.5.